The summed E-state index contributed by atoms with van der Waals surface area (Å²) in [5.41, 5.74) is 5.55. The molecule has 0 aliphatic carbocycles. The van der Waals surface area contributed by atoms with Crippen LogP contribution in [0.5, 0.6) is 0 Å². The van der Waals surface area contributed by atoms with Crippen molar-refractivity contribution in [2.45, 2.75) is 31.8 Å². The van der Waals surface area contributed by atoms with E-state index >= 15 is 0 Å². The normalized spacial score (nSPS) is 27.5. The molecule has 2 aliphatic rings. The number of hydrogen-bond donors (Lipinski definition) is 1. The second kappa shape index (κ2) is 7.75. The molecule has 6 nitrogen and oxygen atoms in total. The highest BCUT2D eigenvalue weighted by molar-refractivity contribution is 7.86. The first-order valence-corrected chi connectivity index (χ1v) is 8.11. The fourth-order valence-corrected chi connectivity index (χ4v) is 4.19. The van der Waals surface area contributed by atoms with Crippen LogP contribution >= 0.6 is 12.4 Å². The van der Waals surface area contributed by atoms with Gasteiger partial charge in [0, 0.05) is 32.7 Å². The van der Waals surface area contributed by atoms with Crippen LogP contribution in [-0.2, 0) is 14.9 Å². The van der Waals surface area contributed by atoms with Gasteiger partial charge in [-0.2, -0.15) is 17.0 Å². The molecule has 0 aromatic rings. The van der Waals surface area contributed by atoms with E-state index in [9.17, 15) is 8.42 Å². The Hall–Kier alpha value is 0.0800. The lowest BCUT2D eigenvalue weighted by Gasteiger charge is -2.34. The number of nitrogens with zero attached hydrogens (tertiary/aromatic N) is 2. The van der Waals surface area contributed by atoms with Crippen molar-refractivity contribution in [3.8, 4) is 0 Å². The summed E-state index contributed by atoms with van der Waals surface area (Å²) in [4.78, 5) is 0. The molecule has 0 amide bonds. The van der Waals surface area contributed by atoms with E-state index in [0.29, 0.717) is 39.3 Å². The fourth-order valence-electron chi connectivity index (χ4n) is 2.48. The standard InChI is InChI=1S/C11H23N3O3S.ClH/c12-9-11-10-14(7-8-17-11)18(15,16)13-5-3-1-2-4-6-13;/h11H,1-10,12H2;1H. The Bertz CT molecular complexity index is 358. The highest BCUT2D eigenvalue weighted by atomic mass is 35.5. The topological polar surface area (TPSA) is 75.9 Å². The smallest absolute Gasteiger partial charge is 0.282 e. The fraction of sp³-hybridized carbons (Fsp3) is 1.00. The molecule has 0 saturated carbocycles. The van der Waals surface area contributed by atoms with E-state index in [1.807, 2.05) is 0 Å². The number of halogens is 1. The second-order valence-corrected chi connectivity index (χ2v) is 6.84. The van der Waals surface area contributed by atoms with Gasteiger partial charge in [0.05, 0.1) is 12.7 Å². The minimum atomic E-state index is -3.32. The van der Waals surface area contributed by atoms with E-state index in [4.69, 9.17) is 10.5 Å². The van der Waals surface area contributed by atoms with E-state index in [-0.39, 0.29) is 18.5 Å². The zero-order chi connectivity index (χ0) is 13.0. The highest BCUT2D eigenvalue weighted by Crippen LogP contribution is 2.18. The van der Waals surface area contributed by atoms with Crippen LogP contribution in [0.3, 0.4) is 0 Å². The quantitative estimate of drug-likeness (QED) is 0.807. The zero-order valence-corrected chi connectivity index (χ0v) is 12.8. The van der Waals surface area contributed by atoms with Gasteiger partial charge in [-0.25, -0.2) is 0 Å². The number of morpholine rings is 1. The van der Waals surface area contributed by atoms with Gasteiger partial charge >= 0.3 is 0 Å². The summed E-state index contributed by atoms with van der Waals surface area (Å²) >= 11 is 0. The van der Waals surface area contributed by atoms with Crippen molar-refractivity contribution in [3.63, 3.8) is 0 Å². The van der Waals surface area contributed by atoms with Gasteiger partial charge < -0.3 is 10.5 Å². The van der Waals surface area contributed by atoms with Gasteiger partial charge in [-0.15, -0.1) is 12.4 Å². The molecule has 0 bridgehead atoms. The van der Waals surface area contributed by atoms with Gasteiger partial charge in [-0.1, -0.05) is 12.8 Å². The number of hydrogen-bond acceptors (Lipinski definition) is 4. The Labute approximate surface area is 121 Å². The molecule has 2 fully saturated rings. The molecule has 2 rings (SSSR count). The maximum atomic E-state index is 12.5. The lowest BCUT2D eigenvalue weighted by Crippen LogP contribution is -2.52. The minimum Gasteiger partial charge on any atom is -0.374 e. The first-order chi connectivity index (χ1) is 8.64. The second-order valence-electron chi connectivity index (χ2n) is 4.91. The number of ether oxygens (including phenoxy) is 1. The SMILES string of the molecule is Cl.NCC1CN(S(=O)(=O)N2CCCCCC2)CCO1. The van der Waals surface area contributed by atoms with E-state index in [2.05, 4.69) is 0 Å². The highest BCUT2D eigenvalue weighted by Gasteiger charge is 2.33. The predicted molar refractivity (Wildman–Crippen MR) is 76.6 cm³/mol. The molecule has 2 saturated heterocycles. The van der Waals surface area contributed by atoms with E-state index in [0.717, 1.165) is 25.7 Å². The van der Waals surface area contributed by atoms with Crippen molar-refractivity contribution in [1.82, 2.24) is 8.61 Å². The summed E-state index contributed by atoms with van der Waals surface area (Å²) in [6.07, 6.45) is 4.01. The summed E-state index contributed by atoms with van der Waals surface area (Å²) < 4.78 is 33.6. The number of rotatable bonds is 3. The molecule has 1 atom stereocenters. The van der Waals surface area contributed by atoms with Crippen LogP contribution in [0, 0.1) is 0 Å². The molecule has 114 valence electrons. The Morgan fingerprint density at radius 1 is 1.05 bits per heavy atom. The molecule has 1 unspecified atom stereocenters. The Balaban J connectivity index is 0.00000180. The number of nitrogens with two attached hydrogens (primary N) is 1. The van der Waals surface area contributed by atoms with Crippen LogP contribution in [-0.4, -0.2) is 62.5 Å². The Morgan fingerprint density at radius 2 is 1.68 bits per heavy atom. The van der Waals surface area contributed by atoms with E-state index in [1.165, 1.54) is 4.31 Å². The monoisotopic (exact) mass is 313 g/mol. The lowest BCUT2D eigenvalue weighted by atomic mass is 10.2. The summed E-state index contributed by atoms with van der Waals surface area (Å²) in [6.45, 7) is 2.92. The van der Waals surface area contributed by atoms with E-state index in [1.54, 1.807) is 4.31 Å². The van der Waals surface area contributed by atoms with Gasteiger partial charge in [0.2, 0.25) is 0 Å². The van der Waals surface area contributed by atoms with Gasteiger partial charge in [-0.05, 0) is 12.8 Å². The first-order valence-electron chi connectivity index (χ1n) is 6.71. The molecule has 19 heavy (non-hydrogen) atoms. The van der Waals surface area contributed by atoms with Crippen molar-refractivity contribution in [3.05, 3.63) is 0 Å². The van der Waals surface area contributed by atoms with E-state index < -0.39 is 10.2 Å². The maximum Gasteiger partial charge on any atom is 0.282 e. The summed E-state index contributed by atoms with van der Waals surface area (Å²) in [5, 5.41) is 0. The zero-order valence-electron chi connectivity index (χ0n) is 11.2. The van der Waals surface area contributed by atoms with Crippen molar-refractivity contribution in [1.29, 1.82) is 0 Å². The lowest BCUT2D eigenvalue weighted by molar-refractivity contribution is 0.00272. The van der Waals surface area contributed by atoms with Crippen LogP contribution in [0.15, 0.2) is 0 Å². The molecule has 0 spiro atoms. The third-order valence-corrected chi connectivity index (χ3v) is 5.58. The summed E-state index contributed by atoms with van der Waals surface area (Å²) in [5.74, 6) is 0. The molecule has 8 heteroatoms. The molecule has 2 N–H and O–H groups in total. The van der Waals surface area contributed by atoms with Crippen LogP contribution < -0.4 is 5.73 Å². The minimum absolute atomic E-state index is 0. The predicted octanol–water partition coefficient (Wildman–Crippen LogP) is 0.188. The largest absolute Gasteiger partial charge is 0.374 e. The average molecular weight is 314 g/mol. The third kappa shape index (κ3) is 4.27. The Kier molecular flexibility index (Phi) is 6.99. The molecular formula is C11H24ClN3O3S. The maximum absolute atomic E-state index is 12.5. The van der Waals surface area contributed by atoms with Crippen molar-refractivity contribution in [2.24, 2.45) is 5.73 Å². The molecule has 0 aromatic carbocycles. The Morgan fingerprint density at radius 3 is 2.26 bits per heavy atom. The van der Waals surface area contributed by atoms with Gasteiger partial charge in [0.25, 0.3) is 10.2 Å². The summed E-state index contributed by atoms with van der Waals surface area (Å²) in [7, 11) is -3.32. The third-order valence-electron chi connectivity index (χ3n) is 3.58. The molecule has 0 radical (unpaired) electrons. The van der Waals surface area contributed by atoms with Gasteiger partial charge in [-0.3, -0.25) is 0 Å². The van der Waals surface area contributed by atoms with Crippen LogP contribution in [0.1, 0.15) is 25.7 Å². The van der Waals surface area contributed by atoms with Gasteiger partial charge in [0.1, 0.15) is 0 Å². The van der Waals surface area contributed by atoms with Crippen LogP contribution in [0.2, 0.25) is 0 Å². The van der Waals surface area contributed by atoms with Crippen molar-refractivity contribution < 1.29 is 13.2 Å². The van der Waals surface area contributed by atoms with Crippen LogP contribution in [0.4, 0.5) is 0 Å². The first kappa shape index (κ1) is 17.1. The molecule has 2 aliphatic heterocycles. The molecule has 0 aromatic heterocycles. The van der Waals surface area contributed by atoms with Gasteiger partial charge in [0.15, 0.2) is 0 Å². The molecular weight excluding hydrogens is 290 g/mol. The summed E-state index contributed by atoms with van der Waals surface area (Å²) in [6, 6.07) is 0. The molecule has 2 heterocycles. The van der Waals surface area contributed by atoms with Crippen molar-refractivity contribution >= 4 is 22.6 Å². The average Bonchev–Trinajstić information content (AvgIpc) is 2.68. The van der Waals surface area contributed by atoms with Crippen molar-refractivity contribution in [2.75, 3.05) is 39.3 Å². The van der Waals surface area contributed by atoms with Crippen LogP contribution in [0.25, 0.3) is 0 Å².